The molecule has 1 aromatic carbocycles. The molecule has 5 nitrogen and oxygen atoms in total. The largest absolute Gasteiger partial charge is 0.481 e. The van der Waals surface area contributed by atoms with E-state index in [-0.39, 0.29) is 12.3 Å². The summed E-state index contributed by atoms with van der Waals surface area (Å²) in [6.45, 7) is 0.579. The molecule has 2 N–H and O–H groups in total. The average molecular weight is 325 g/mol. The number of benzene rings is 1. The lowest BCUT2D eigenvalue weighted by Crippen LogP contribution is -2.24. The molecule has 1 aromatic rings. The number of carboxylic acid groups (broad SMARTS) is 1. The molecule has 0 heterocycles. The van der Waals surface area contributed by atoms with Crippen molar-refractivity contribution in [3.8, 4) is 0 Å². The average Bonchev–Trinajstić information content (AvgIpc) is 2.45. The van der Waals surface area contributed by atoms with Gasteiger partial charge in [0.05, 0.1) is 0 Å². The smallest absolute Gasteiger partial charge is 0.303 e. The van der Waals surface area contributed by atoms with Gasteiger partial charge in [-0.1, -0.05) is 25.0 Å². The fourth-order valence-electron chi connectivity index (χ4n) is 2.10. The minimum atomic E-state index is -0.925. The van der Waals surface area contributed by atoms with Gasteiger partial charge < -0.3 is 10.4 Å². The van der Waals surface area contributed by atoms with Crippen molar-refractivity contribution in [3.05, 3.63) is 35.4 Å². The Bertz CT molecular complexity index is 531. The van der Waals surface area contributed by atoms with E-state index in [9.17, 15) is 13.8 Å². The topological polar surface area (TPSA) is 83.5 Å². The van der Waals surface area contributed by atoms with Crippen LogP contribution < -0.4 is 5.32 Å². The van der Waals surface area contributed by atoms with Crippen LogP contribution in [-0.4, -0.2) is 34.0 Å². The Morgan fingerprint density at radius 3 is 2.59 bits per heavy atom. The van der Waals surface area contributed by atoms with Crippen molar-refractivity contribution in [3.63, 3.8) is 0 Å². The molecule has 0 fully saturated rings. The number of hydrogen-bond donors (Lipinski definition) is 2. The number of carboxylic acids is 1. The molecular formula is C16H23NO4S. The summed E-state index contributed by atoms with van der Waals surface area (Å²) >= 11 is 0. The van der Waals surface area contributed by atoms with Gasteiger partial charge in [0.1, 0.15) is 0 Å². The molecule has 0 aliphatic carbocycles. The zero-order valence-corrected chi connectivity index (χ0v) is 13.7. The van der Waals surface area contributed by atoms with Crippen LogP contribution >= 0.6 is 0 Å². The second kappa shape index (κ2) is 10.1. The standard InChI is InChI=1S/C16H23NO4S/c1-22(21)12-13-7-6-8-14(11-13)16(20)17-10-5-3-2-4-9-15(18)19/h6-8,11H,2-5,9-10,12H2,1H3,(H,17,20)(H,18,19). The van der Waals surface area contributed by atoms with Crippen LogP contribution in [0.3, 0.4) is 0 Å². The molecule has 122 valence electrons. The molecule has 6 heteroatoms. The predicted molar refractivity (Wildman–Crippen MR) is 87.3 cm³/mol. The summed E-state index contributed by atoms with van der Waals surface area (Å²) in [5, 5.41) is 11.4. The van der Waals surface area contributed by atoms with Crippen LogP contribution in [0.25, 0.3) is 0 Å². The van der Waals surface area contributed by atoms with Crippen molar-refractivity contribution >= 4 is 22.7 Å². The maximum atomic E-state index is 12.0. The molecule has 0 radical (unpaired) electrons. The molecule has 0 saturated carbocycles. The van der Waals surface area contributed by atoms with Crippen LogP contribution in [0.4, 0.5) is 0 Å². The molecule has 0 bridgehead atoms. The molecule has 0 aliphatic heterocycles. The Balaban J connectivity index is 2.27. The van der Waals surface area contributed by atoms with Gasteiger partial charge in [-0.05, 0) is 30.5 Å². The van der Waals surface area contributed by atoms with E-state index in [1.165, 1.54) is 0 Å². The number of amides is 1. The van der Waals surface area contributed by atoms with Gasteiger partial charge in [-0.2, -0.15) is 0 Å². The zero-order valence-electron chi connectivity index (χ0n) is 12.8. The molecular weight excluding hydrogens is 302 g/mol. The van der Waals surface area contributed by atoms with E-state index in [1.54, 1.807) is 24.5 Å². The van der Waals surface area contributed by atoms with E-state index in [0.717, 1.165) is 24.8 Å². The quantitative estimate of drug-likeness (QED) is 0.647. The van der Waals surface area contributed by atoms with Crippen molar-refractivity contribution in [1.29, 1.82) is 0 Å². The van der Waals surface area contributed by atoms with Crippen LogP contribution in [-0.2, 0) is 21.3 Å². The summed E-state index contributed by atoms with van der Waals surface area (Å²) in [6.07, 6.45) is 5.13. The summed E-state index contributed by atoms with van der Waals surface area (Å²) in [4.78, 5) is 22.3. The predicted octanol–water partition coefficient (Wildman–Crippen LogP) is 2.33. The van der Waals surface area contributed by atoms with Gasteiger partial charge in [-0.25, -0.2) is 0 Å². The van der Waals surface area contributed by atoms with E-state index in [1.807, 2.05) is 6.07 Å². The second-order valence-corrected chi connectivity index (χ2v) is 6.67. The lowest BCUT2D eigenvalue weighted by atomic mass is 10.1. The molecule has 1 atom stereocenters. The normalized spacial score (nSPS) is 11.9. The SMILES string of the molecule is CS(=O)Cc1cccc(C(=O)NCCCCCCC(=O)O)c1. The highest BCUT2D eigenvalue weighted by Gasteiger charge is 2.06. The minimum absolute atomic E-state index is 0.130. The van der Waals surface area contributed by atoms with Crippen LogP contribution in [0.5, 0.6) is 0 Å². The van der Waals surface area contributed by atoms with E-state index >= 15 is 0 Å². The fraction of sp³-hybridized carbons (Fsp3) is 0.500. The Labute approximate surface area is 133 Å². The first-order chi connectivity index (χ1) is 10.5. The number of rotatable bonds is 10. The number of carbonyl (C=O) groups excluding carboxylic acids is 1. The van der Waals surface area contributed by atoms with Crippen molar-refractivity contribution in [2.24, 2.45) is 0 Å². The van der Waals surface area contributed by atoms with Gasteiger partial charge in [0.2, 0.25) is 0 Å². The zero-order chi connectivity index (χ0) is 16.4. The minimum Gasteiger partial charge on any atom is -0.481 e. The molecule has 0 aliphatic rings. The van der Waals surface area contributed by atoms with E-state index in [4.69, 9.17) is 5.11 Å². The summed E-state index contributed by atoms with van der Waals surface area (Å²) in [7, 11) is -0.925. The number of unbranched alkanes of at least 4 members (excludes halogenated alkanes) is 3. The molecule has 1 amide bonds. The molecule has 0 spiro atoms. The van der Waals surface area contributed by atoms with Crippen LogP contribution in [0.1, 0.15) is 48.0 Å². The lowest BCUT2D eigenvalue weighted by Gasteiger charge is -2.06. The first kappa shape index (κ1) is 18.4. The van der Waals surface area contributed by atoms with Crippen molar-refractivity contribution in [1.82, 2.24) is 5.32 Å². The third-order valence-corrected chi connectivity index (χ3v) is 3.90. The van der Waals surface area contributed by atoms with Gasteiger partial charge in [0, 0.05) is 41.3 Å². The summed E-state index contributed by atoms with van der Waals surface area (Å²) in [6, 6.07) is 7.16. The molecule has 0 aromatic heterocycles. The maximum Gasteiger partial charge on any atom is 0.303 e. The van der Waals surface area contributed by atoms with Crippen molar-refractivity contribution < 1.29 is 18.9 Å². The third kappa shape index (κ3) is 7.93. The second-order valence-electron chi connectivity index (χ2n) is 5.23. The van der Waals surface area contributed by atoms with Crippen LogP contribution in [0, 0.1) is 0 Å². The summed E-state index contributed by atoms with van der Waals surface area (Å²) < 4.78 is 11.2. The number of aliphatic carboxylic acids is 1. The summed E-state index contributed by atoms with van der Waals surface area (Å²) in [5.74, 6) is -0.444. The van der Waals surface area contributed by atoms with Gasteiger partial charge in [0.25, 0.3) is 5.91 Å². The Morgan fingerprint density at radius 1 is 1.18 bits per heavy atom. The van der Waals surface area contributed by atoms with Crippen LogP contribution in [0.15, 0.2) is 24.3 Å². The number of nitrogens with one attached hydrogen (secondary N) is 1. The molecule has 1 rings (SSSR count). The van der Waals surface area contributed by atoms with Crippen molar-refractivity contribution in [2.45, 2.75) is 37.9 Å². The molecule has 1 unspecified atom stereocenters. The number of hydrogen-bond acceptors (Lipinski definition) is 3. The lowest BCUT2D eigenvalue weighted by molar-refractivity contribution is -0.137. The fourth-order valence-corrected chi connectivity index (χ4v) is 2.74. The molecule has 0 saturated heterocycles. The van der Waals surface area contributed by atoms with Gasteiger partial charge >= 0.3 is 5.97 Å². The first-order valence-electron chi connectivity index (χ1n) is 7.38. The highest BCUT2D eigenvalue weighted by atomic mass is 32.2. The highest BCUT2D eigenvalue weighted by molar-refractivity contribution is 7.83. The molecule has 22 heavy (non-hydrogen) atoms. The van der Waals surface area contributed by atoms with E-state index in [2.05, 4.69) is 5.32 Å². The van der Waals surface area contributed by atoms with Gasteiger partial charge in [0.15, 0.2) is 0 Å². The van der Waals surface area contributed by atoms with E-state index in [0.29, 0.717) is 24.3 Å². The van der Waals surface area contributed by atoms with Gasteiger partial charge in [-0.15, -0.1) is 0 Å². The Kier molecular flexibility index (Phi) is 8.43. The first-order valence-corrected chi connectivity index (χ1v) is 9.10. The monoisotopic (exact) mass is 325 g/mol. The maximum absolute atomic E-state index is 12.0. The highest BCUT2D eigenvalue weighted by Crippen LogP contribution is 2.08. The van der Waals surface area contributed by atoms with Crippen LogP contribution in [0.2, 0.25) is 0 Å². The van der Waals surface area contributed by atoms with Gasteiger partial charge in [-0.3, -0.25) is 13.8 Å². The third-order valence-electron chi connectivity index (χ3n) is 3.16. The van der Waals surface area contributed by atoms with Crippen molar-refractivity contribution in [2.75, 3.05) is 12.8 Å². The summed E-state index contributed by atoms with van der Waals surface area (Å²) in [5.41, 5.74) is 1.47. The van der Waals surface area contributed by atoms with E-state index < -0.39 is 16.8 Å². The Hall–Kier alpha value is -1.69. The number of carbonyl (C=O) groups is 2. The Morgan fingerprint density at radius 2 is 1.91 bits per heavy atom.